The maximum absolute atomic E-state index is 6.53. The van der Waals surface area contributed by atoms with Crippen LogP contribution in [0.2, 0.25) is 0 Å². The zero-order valence-electron chi connectivity index (χ0n) is 8.33. The van der Waals surface area contributed by atoms with Crippen molar-refractivity contribution in [3.63, 3.8) is 0 Å². The van der Waals surface area contributed by atoms with E-state index in [0.717, 1.165) is 14.8 Å². The largest absolute Gasteiger partial charge is 0.310 e. The number of halogens is 3. The molecule has 0 atom stereocenters. The fourth-order valence-corrected chi connectivity index (χ4v) is 4.78. The lowest BCUT2D eigenvalue weighted by atomic mass is 10.4. The Bertz CT molecular complexity index is 468. The lowest BCUT2D eigenvalue weighted by Gasteiger charge is -2.17. The Kier molecular flexibility index (Phi) is 3.75. The molecule has 0 spiro atoms. The third kappa shape index (κ3) is 2.51. The van der Waals surface area contributed by atoms with Crippen LogP contribution in [0.5, 0.6) is 0 Å². The van der Waals surface area contributed by atoms with Crippen molar-refractivity contribution in [3.8, 4) is 0 Å². The van der Waals surface area contributed by atoms with Crippen LogP contribution in [0.25, 0.3) is 0 Å². The van der Waals surface area contributed by atoms with Gasteiger partial charge in [-0.1, -0.05) is 58.4 Å². The second-order valence-corrected chi connectivity index (χ2v) is 10.6. The Labute approximate surface area is 114 Å². The Balaban J connectivity index is 2.43. The SMILES string of the molecule is Cl[Si](Cl)(c1ccccc1)c1ccc(Br)cc1. The Morgan fingerprint density at radius 3 is 1.81 bits per heavy atom. The predicted molar refractivity (Wildman–Crippen MR) is 77.3 cm³/mol. The van der Waals surface area contributed by atoms with E-state index in [0.29, 0.717) is 0 Å². The Morgan fingerprint density at radius 1 is 0.750 bits per heavy atom. The predicted octanol–water partition coefficient (Wildman–Crippen LogP) is 3.48. The van der Waals surface area contributed by atoms with Crippen LogP contribution in [-0.2, 0) is 0 Å². The van der Waals surface area contributed by atoms with E-state index in [1.165, 1.54) is 0 Å². The van der Waals surface area contributed by atoms with E-state index >= 15 is 0 Å². The van der Waals surface area contributed by atoms with Gasteiger partial charge in [0.05, 0.1) is 0 Å². The quantitative estimate of drug-likeness (QED) is 0.583. The summed E-state index contributed by atoms with van der Waals surface area (Å²) in [5.41, 5.74) is 0. The molecule has 0 fully saturated rings. The lowest BCUT2D eigenvalue weighted by Crippen LogP contribution is -2.48. The molecule has 0 radical (unpaired) electrons. The monoisotopic (exact) mass is 330 g/mol. The van der Waals surface area contributed by atoms with Crippen molar-refractivity contribution in [2.75, 3.05) is 0 Å². The summed E-state index contributed by atoms with van der Waals surface area (Å²) in [5.74, 6) is 0. The highest BCUT2D eigenvalue weighted by Gasteiger charge is 2.32. The van der Waals surface area contributed by atoms with Crippen LogP contribution < -0.4 is 10.4 Å². The molecule has 0 unspecified atom stereocenters. The van der Waals surface area contributed by atoms with Gasteiger partial charge in [-0.2, -0.15) is 0 Å². The molecule has 82 valence electrons. The summed E-state index contributed by atoms with van der Waals surface area (Å²) in [7, 11) is 0. The van der Waals surface area contributed by atoms with Gasteiger partial charge < -0.3 is 0 Å². The molecule has 0 aliphatic heterocycles. The molecule has 4 heteroatoms. The molecule has 0 amide bonds. The van der Waals surface area contributed by atoms with Crippen molar-refractivity contribution in [1.29, 1.82) is 0 Å². The zero-order chi connectivity index (χ0) is 11.6. The number of benzene rings is 2. The van der Waals surface area contributed by atoms with Gasteiger partial charge in [0.15, 0.2) is 0 Å². The first kappa shape index (κ1) is 12.2. The zero-order valence-corrected chi connectivity index (χ0v) is 12.4. The van der Waals surface area contributed by atoms with Gasteiger partial charge in [-0.3, -0.25) is 0 Å². The van der Waals surface area contributed by atoms with E-state index in [1.54, 1.807) is 0 Å². The molecule has 2 aromatic rings. The average molecular weight is 332 g/mol. The summed E-state index contributed by atoms with van der Waals surface area (Å²) in [5, 5.41) is 2.02. The maximum atomic E-state index is 6.53. The van der Waals surface area contributed by atoms with E-state index in [9.17, 15) is 0 Å². The minimum Gasteiger partial charge on any atom is -0.134 e. The highest BCUT2D eigenvalue weighted by Crippen LogP contribution is 2.16. The van der Waals surface area contributed by atoms with E-state index in [2.05, 4.69) is 15.9 Å². The normalized spacial score (nSPS) is 11.4. The fourth-order valence-electron chi connectivity index (χ4n) is 1.47. The van der Waals surface area contributed by atoms with Gasteiger partial charge in [-0.05, 0) is 22.5 Å². The van der Waals surface area contributed by atoms with Gasteiger partial charge in [0.2, 0.25) is 0 Å². The van der Waals surface area contributed by atoms with E-state index in [1.807, 2.05) is 54.6 Å². The number of hydrogen-bond acceptors (Lipinski definition) is 0. The number of rotatable bonds is 2. The first-order valence-corrected chi connectivity index (χ1v) is 9.62. The summed E-state index contributed by atoms with van der Waals surface area (Å²) in [4.78, 5) is 0. The molecule has 16 heavy (non-hydrogen) atoms. The molecule has 0 saturated heterocycles. The molecule has 0 nitrogen and oxygen atoms in total. The second-order valence-electron chi connectivity index (χ2n) is 3.45. The third-order valence-electron chi connectivity index (χ3n) is 2.34. The molecule has 2 rings (SSSR count). The van der Waals surface area contributed by atoms with Crippen LogP contribution in [0.15, 0.2) is 59.1 Å². The van der Waals surface area contributed by atoms with Crippen molar-refractivity contribution in [3.05, 3.63) is 59.1 Å². The van der Waals surface area contributed by atoms with Crippen molar-refractivity contribution in [2.24, 2.45) is 0 Å². The standard InChI is InChI=1S/C12H9BrCl2Si/c13-10-6-8-12(9-7-10)16(14,15)11-4-2-1-3-5-11/h1-9H. The molecule has 0 aliphatic carbocycles. The van der Waals surface area contributed by atoms with Gasteiger partial charge in [0.1, 0.15) is 0 Å². The van der Waals surface area contributed by atoms with Crippen molar-refractivity contribution in [2.45, 2.75) is 0 Å². The number of hydrogen-bond donors (Lipinski definition) is 0. The molecule has 0 aromatic heterocycles. The van der Waals surface area contributed by atoms with Crippen molar-refractivity contribution in [1.82, 2.24) is 0 Å². The van der Waals surface area contributed by atoms with Crippen LogP contribution in [0.1, 0.15) is 0 Å². The minimum atomic E-state index is -2.55. The van der Waals surface area contributed by atoms with Gasteiger partial charge in [-0.25, -0.2) is 0 Å². The first-order chi connectivity index (χ1) is 7.60. The van der Waals surface area contributed by atoms with Crippen molar-refractivity contribution >= 4 is 55.2 Å². The fraction of sp³-hybridized carbons (Fsp3) is 0. The summed E-state index contributed by atoms with van der Waals surface area (Å²) >= 11 is 16.5. The Morgan fingerprint density at radius 2 is 1.25 bits per heavy atom. The molecule has 0 aliphatic rings. The van der Waals surface area contributed by atoms with Gasteiger partial charge in [0, 0.05) is 4.47 Å². The molecular weight excluding hydrogens is 323 g/mol. The van der Waals surface area contributed by atoms with Crippen LogP contribution in [0.3, 0.4) is 0 Å². The van der Waals surface area contributed by atoms with Gasteiger partial charge in [0.25, 0.3) is 0 Å². The van der Waals surface area contributed by atoms with Crippen molar-refractivity contribution < 1.29 is 0 Å². The smallest absolute Gasteiger partial charge is 0.134 e. The van der Waals surface area contributed by atoms with E-state index < -0.39 is 6.69 Å². The highest BCUT2D eigenvalue weighted by atomic mass is 79.9. The first-order valence-electron chi connectivity index (χ1n) is 4.80. The average Bonchev–Trinajstić information content (AvgIpc) is 2.31. The van der Waals surface area contributed by atoms with Gasteiger partial charge in [-0.15, -0.1) is 22.2 Å². The Hall–Kier alpha value is -0.283. The molecule has 0 heterocycles. The summed E-state index contributed by atoms with van der Waals surface area (Å²) in [6, 6.07) is 17.7. The highest BCUT2D eigenvalue weighted by molar-refractivity contribution is 9.10. The second kappa shape index (κ2) is 4.92. The van der Waals surface area contributed by atoms with Crippen LogP contribution in [0, 0.1) is 0 Å². The minimum absolute atomic E-state index is 1.00. The molecule has 2 aromatic carbocycles. The third-order valence-corrected chi connectivity index (χ3v) is 7.61. The van der Waals surface area contributed by atoms with Gasteiger partial charge >= 0.3 is 6.69 Å². The van der Waals surface area contributed by atoms with Crippen LogP contribution in [0.4, 0.5) is 0 Å². The molecule has 0 saturated carbocycles. The molecule has 0 N–H and O–H groups in total. The maximum Gasteiger partial charge on any atom is 0.310 e. The summed E-state index contributed by atoms with van der Waals surface area (Å²) < 4.78 is 1.03. The van der Waals surface area contributed by atoms with E-state index in [-0.39, 0.29) is 0 Å². The van der Waals surface area contributed by atoms with E-state index in [4.69, 9.17) is 22.2 Å². The summed E-state index contributed by atoms with van der Waals surface area (Å²) in [6.45, 7) is -2.55. The van der Waals surface area contributed by atoms with Crippen LogP contribution in [-0.4, -0.2) is 6.69 Å². The topological polar surface area (TPSA) is 0 Å². The molecular formula is C12H9BrCl2Si. The summed E-state index contributed by atoms with van der Waals surface area (Å²) in [6.07, 6.45) is 0. The molecule has 0 bridgehead atoms. The lowest BCUT2D eigenvalue weighted by molar-refractivity contribution is 1.69. The van der Waals surface area contributed by atoms with Crippen LogP contribution >= 0.6 is 38.1 Å².